The first-order chi connectivity index (χ1) is 9.85. The lowest BCUT2D eigenvalue weighted by Crippen LogP contribution is -2.00. The van der Waals surface area contributed by atoms with Gasteiger partial charge in [0.15, 0.2) is 0 Å². The second-order valence-electron chi connectivity index (χ2n) is 4.81. The largest absolute Gasteiger partial charge is 0.493 e. The third-order valence-electron chi connectivity index (χ3n) is 3.31. The SMILES string of the molecule is N#Cc1ccc(-c2ccc(OCCC3CO3)cc2)cc1. The van der Waals surface area contributed by atoms with Crippen molar-refractivity contribution in [3.8, 4) is 22.9 Å². The van der Waals surface area contributed by atoms with Crippen molar-refractivity contribution in [1.29, 1.82) is 5.26 Å². The quantitative estimate of drug-likeness (QED) is 0.778. The number of benzene rings is 2. The molecule has 0 amide bonds. The molecule has 0 saturated carbocycles. The molecule has 2 aromatic carbocycles. The molecule has 0 spiro atoms. The third kappa shape index (κ3) is 3.17. The van der Waals surface area contributed by atoms with E-state index in [0.717, 1.165) is 29.9 Å². The molecule has 1 aliphatic heterocycles. The number of epoxide rings is 1. The number of hydrogen-bond acceptors (Lipinski definition) is 3. The van der Waals surface area contributed by atoms with Crippen LogP contribution in [0.25, 0.3) is 11.1 Å². The van der Waals surface area contributed by atoms with Gasteiger partial charge in [0.2, 0.25) is 0 Å². The van der Waals surface area contributed by atoms with Crippen LogP contribution in [0.15, 0.2) is 48.5 Å². The predicted molar refractivity (Wildman–Crippen MR) is 76.4 cm³/mol. The number of nitrogens with zero attached hydrogens (tertiary/aromatic N) is 1. The van der Waals surface area contributed by atoms with E-state index in [1.807, 2.05) is 48.5 Å². The molecule has 0 radical (unpaired) electrons. The Morgan fingerprint density at radius 2 is 1.65 bits per heavy atom. The fourth-order valence-corrected chi connectivity index (χ4v) is 2.02. The summed E-state index contributed by atoms with van der Waals surface area (Å²) in [4.78, 5) is 0. The first-order valence-electron chi connectivity index (χ1n) is 6.70. The second kappa shape index (κ2) is 5.77. The normalized spacial score (nSPS) is 16.4. The van der Waals surface area contributed by atoms with Crippen LogP contribution in [0.2, 0.25) is 0 Å². The summed E-state index contributed by atoms with van der Waals surface area (Å²) < 4.78 is 10.8. The van der Waals surface area contributed by atoms with Crippen LogP contribution in [0.5, 0.6) is 5.75 Å². The van der Waals surface area contributed by atoms with Crippen LogP contribution in [0.3, 0.4) is 0 Å². The Bertz CT molecular complexity index is 607. The van der Waals surface area contributed by atoms with E-state index in [0.29, 0.717) is 18.3 Å². The Balaban J connectivity index is 1.63. The van der Waals surface area contributed by atoms with Gasteiger partial charge in [-0.25, -0.2) is 0 Å². The average Bonchev–Trinajstić information content (AvgIpc) is 3.32. The predicted octanol–water partition coefficient (Wildman–Crippen LogP) is 3.39. The third-order valence-corrected chi connectivity index (χ3v) is 3.31. The van der Waals surface area contributed by atoms with Crippen molar-refractivity contribution in [3.63, 3.8) is 0 Å². The van der Waals surface area contributed by atoms with Crippen molar-refractivity contribution in [2.75, 3.05) is 13.2 Å². The van der Waals surface area contributed by atoms with E-state index in [1.165, 1.54) is 0 Å². The monoisotopic (exact) mass is 265 g/mol. The Morgan fingerprint density at radius 3 is 2.20 bits per heavy atom. The molecule has 1 atom stereocenters. The maximum Gasteiger partial charge on any atom is 0.119 e. The number of hydrogen-bond donors (Lipinski definition) is 0. The van der Waals surface area contributed by atoms with E-state index in [2.05, 4.69) is 6.07 Å². The van der Waals surface area contributed by atoms with Gasteiger partial charge in [-0.05, 0) is 35.4 Å². The molecule has 0 aliphatic carbocycles. The van der Waals surface area contributed by atoms with E-state index in [9.17, 15) is 0 Å². The highest BCUT2D eigenvalue weighted by molar-refractivity contribution is 5.64. The number of nitriles is 1. The molecular formula is C17H15NO2. The van der Waals surface area contributed by atoms with Crippen LogP contribution in [0, 0.1) is 11.3 Å². The van der Waals surface area contributed by atoms with Crippen molar-refractivity contribution < 1.29 is 9.47 Å². The number of ether oxygens (including phenoxy) is 2. The summed E-state index contributed by atoms with van der Waals surface area (Å²) in [5, 5.41) is 8.79. The second-order valence-corrected chi connectivity index (χ2v) is 4.81. The van der Waals surface area contributed by atoms with Gasteiger partial charge in [0.1, 0.15) is 5.75 Å². The van der Waals surface area contributed by atoms with Crippen molar-refractivity contribution in [2.24, 2.45) is 0 Å². The summed E-state index contributed by atoms with van der Waals surface area (Å²) in [5.41, 5.74) is 2.89. The van der Waals surface area contributed by atoms with E-state index >= 15 is 0 Å². The average molecular weight is 265 g/mol. The molecule has 1 heterocycles. The van der Waals surface area contributed by atoms with Gasteiger partial charge in [-0.2, -0.15) is 5.26 Å². The Kier molecular flexibility index (Phi) is 3.67. The summed E-state index contributed by atoms with van der Waals surface area (Å²) >= 11 is 0. The Labute approximate surface area is 118 Å². The van der Waals surface area contributed by atoms with Crippen molar-refractivity contribution in [1.82, 2.24) is 0 Å². The maximum atomic E-state index is 8.79. The molecule has 3 heteroatoms. The van der Waals surface area contributed by atoms with E-state index in [1.54, 1.807) is 0 Å². The van der Waals surface area contributed by atoms with E-state index < -0.39 is 0 Å². The van der Waals surface area contributed by atoms with Gasteiger partial charge in [-0.3, -0.25) is 0 Å². The highest BCUT2D eigenvalue weighted by atomic mass is 16.6. The molecule has 0 bridgehead atoms. The molecule has 3 nitrogen and oxygen atoms in total. The zero-order chi connectivity index (χ0) is 13.8. The van der Waals surface area contributed by atoms with E-state index in [-0.39, 0.29) is 0 Å². The van der Waals surface area contributed by atoms with Gasteiger partial charge < -0.3 is 9.47 Å². The summed E-state index contributed by atoms with van der Waals surface area (Å²) in [6.45, 7) is 1.57. The van der Waals surface area contributed by atoms with E-state index in [4.69, 9.17) is 14.7 Å². The standard InChI is InChI=1S/C17H15NO2/c18-11-13-1-3-14(4-2-13)15-5-7-16(8-6-15)19-10-9-17-12-20-17/h1-8,17H,9-10,12H2. The minimum absolute atomic E-state index is 0.410. The lowest BCUT2D eigenvalue weighted by molar-refractivity contribution is 0.283. The Morgan fingerprint density at radius 1 is 1.05 bits per heavy atom. The molecule has 1 unspecified atom stereocenters. The first-order valence-corrected chi connectivity index (χ1v) is 6.70. The number of rotatable bonds is 5. The minimum Gasteiger partial charge on any atom is -0.493 e. The highest BCUT2D eigenvalue weighted by Gasteiger charge is 2.21. The van der Waals surface area contributed by atoms with Gasteiger partial charge in [0.25, 0.3) is 0 Å². The topological polar surface area (TPSA) is 45.5 Å². The molecule has 1 aliphatic rings. The molecule has 3 rings (SSSR count). The zero-order valence-corrected chi connectivity index (χ0v) is 11.1. The molecule has 0 N–H and O–H groups in total. The van der Waals surface area contributed by atoms with Gasteiger partial charge >= 0.3 is 0 Å². The van der Waals surface area contributed by atoms with Crippen molar-refractivity contribution >= 4 is 0 Å². The van der Waals surface area contributed by atoms with Gasteiger partial charge in [0.05, 0.1) is 31.0 Å². The van der Waals surface area contributed by atoms with Gasteiger partial charge in [0, 0.05) is 6.42 Å². The molecular weight excluding hydrogens is 250 g/mol. The Hall–Kier alpha value is -2.31. The van der Waals surface area contributed by atoms with Crippen molar-refractivity contribution in [3.05, 3.63) is 54.1 Å². The van der Waals surface area contributed by atoms with Crippen LogP contribution in [0.1, 0.15) is 12.0 Å². The smallest absolute Gasteiger partial charge is 0.119 e. The van der Waals surface area contributed by atoms with Crippen molar-refractivity contribution in [2.45, 2.75) is 12.5 Å². The van der Waals surface area contributed by atoms with Gasteiger partial charge in [-0.1, -0.05) is 24.3 Å². The minimum atomic E-state index is 0.410. The molecule has 0 aromatic heterocycles. The summed E-state index contributed by atoms with van der Waals surface area (Å²) in [6.07, 6.45) is 1.37. The zero-order valence-electron chi connectivity index (χ0n) is 11.1. The van der Waals surface area contributed by atoms with Crippen LogP contribution in [0.4, 0.5) is 0 Å². The summed E-state index contributed by atoms with van der Waals surface area (Å²) in [5.74, 6) is 0.878. The lowest BCUT2D eigenvalue weighted by Gasteiger charge is -2.06. The fraction of sp³-hybridized carbons (Fsp3) is 0.235. The fourth-order valence-electron chi connectivity index (χ4n) is 2.02. The summed E-state index contributed by atoms with van der Waals surface area (Å²) in [7, 11) is 0. The molecule has 20 heavy (non-hydrogen) atoms. The highest BCUT2D eigenvalue weighted by Crippen LogP contribution is 2.23. The maximum absolute atomic E-state index is 8.79. The van der Waals surface area contributed by atoms with Crippen LogP contribution in [-0.4, -0.2) is 19.3 Å². The van der Waals surface area contributed by atoms with Gasteiger partial charge in [-0.15, -0.1) is 0 Å². The first kappa shape index (κ1) is 12.7. The molecule has 100 valence electrons. The molecule has 2 aromatic rings. The molecule has 1 saturated heterocycles. The molecule has 1 fully saturated rings. The van der Waals surface area contributed by atoms with Crippen LogP contribution < -0.4 is 4.74 Å². The van der Waals surface area contributed by atoms with Crippen LogP contribution >= 0.6 is 0 Å². The van der Waals surface area contributed by atoms with Crippen LogP contribution in [-0.2, 0) is 4.74 Å². The summed E-state index contributed by atoms with van der Waals surface area (Å²) in [6, 6.07) is 17.7. The lowest BCUT2D eigenvalue weighted by atomic mass is 10.0.